The van der Waals surface area contributed by atoms with Crippen LogP contribution in [0.25, 0.3) is 0 Å². The number of methoxy groups -OCH3 is 1. The maximum Gasteiger partial charge on any atom is 0.221 e. The molecule has 146 valence electrons. The lowest BCUT2D eigenvalue weighted by molar-refractivity contribution is -0.114. The number of aliphatic hydroxyl groups excluding tert-OH is 1. The Bertz CT molecular complexity index is 752. The van der Waals surface area contributed by atoms with E-state index in [-0.39, 0.29) is 18.6 Å². The average molecular weight is 437 g/mol. The van der Waals surface area contributed by atoms with E-state index in [9.17, 15) is 9.90 Å². The molecule has 2 aromatic rings. The number of ether oxygens (including phenoxy) is 2. The highest BCUT2D eigenvalue weighted by atomic mass is 79.9. The second-order valence-corrected chi connectivity index (χ2v) is 7.05. The van der Waals surface area contributed by atoms with Crippen molar-refractivity contribution in [2.75, 3.05) is 25.6 Å². The third kappa shape index (κ3) is 6.86. The Balaban J connectivity index is 1.78. The van der Waals surface area contributed by atoms with Crippen molar-refractivity contribution in [2.45, 2.75) is 26.0 Å². The fourth-order valence-electron chi connectivity index (χ4n) is 2.47. The second-order valence-electron chi connectivity index (χ2n) is 6.19. The van der Waals surface area contributed by atoms with Crippen LogP contribution in [0.2, 0.25) is 0 Å². The molecule has 27 heavy (non-hydrogen) atoms. The number of benzene rings is 2. The van der Waals surface area contributed by atoms with E-state index in [4.69, 9.17) is 9.47 Å². The van der Waals surface area contributed by atoms with Crippen molar-refractivity contribution in [2.24, 2.45) is 0 Å². The smallest absolute Gasteiger partial charge is 0.221 e. The lowest BCUT2D eigenvalue weighted by Gasteiger charge is -2.19. The van der Waals surface area contributed by atoms with Gasteiger partial charge < -0.3 is 25.2 Å². The number of carbonyl (C=O) groups is 1. The number of aliphatic hydroxyl groups is 1. The van der Waals surface area contributed by atoms with Crippen LogP contribution >= 0.6 is 15.9 Å². The van der Waals surface area contributed by atoms with Gasteiger partial charge in [-0.15, -0.1) is 0 Å². The van der Waals surface area contributed by atoms with Crippen molar-refractivity contribution in [1.29, 1.82) is 0 Å². The quantitative estimate of drug-likeness (QED) is 0.560. The number of hydrogen-bond acceptors (Lipinski definition) is 5. The number of rotatable bonds is 9. The molecule has 0 aliphatic rings. The number of anilines is 1. The van der Waals surface area contributed by atoms with Crippen LogP contribution in [0.3, 0.4) is 0 Å². The summed E-state index contributed by atoms with van der Waals surface area (Å²) in [6.45, 7) is 4.04. The van der Waals surface area contributed by atoms with Gasteiger partial charge in [0.15, 0.2) is 0 Å². The van der Waals surface area contributed by atoms with Gasteiger partial charge in [0.1, 0.15) is 24.2 Å². The zero-order valence-corrected chi connectivity index (χ0v) is 17.2. The molecule has 0 bridgehead atoms. The van der Waals surface area contributed by atoms with Gasteiger partial charge >= 0.3 is 0 Å². The lowest BCUT2D eigenvalue weighted by Crippen LogP contribution is -2.33. The first kappa shape index (κ1) is 21.2. The fourth-order valence-corrected chi connectivity index (χ4v) is 2.87. The third-order valence-electron chi connectivity index (χ3n) is 3.95. The molecule has 1 amide bonds. The van der Waals surface area contributed by atoms with Crippen LogP contribution in [0.4, 0.5) is 5.69 Å². The van der Waals surface area contributed by atoms with E-state index in [0.717, 1.165) is 15.8 Å². The van der Waals surface area contributed by atoms with Gasteiger partial charge in [-0.25, -0.2) is 0 Å². The molecule has 0 aromatic heterocycles. The van der Waals surface area contributed by atoms with Crippen molar-refractivity contribution >= 4 is 27.5 Å². The van der Waals surface area contributed by atoms with Crippen LogP contribution in [0.5, 0.6) is 11.5 Å². The van der Waals surface area contributed by atoms with E-state index in [0.29, 0.717) is 18.0 Å². The minimum absolute atomic E-state index is 0.0542. The number of halogens is 1. The summed E-state index contributed by atoms with van der Waals surface area (Å²) in [5.74, 6) is 1.28. The molecule has 2 aromatic carbocycles. The molecule has 0 saturated heterocycles. The van der Waals surface area contributed by atoms with E-state index in [1.807, 2.05) is 25.1 Å². The van der Waals surface area contributed by atoms with E-state index in [2.05, 4.69) is 26.6 Å². The van der Waals surface area contributed by atoms with Crippen LogP contribution in [-0.4, -0.2) is 37.4 Å². The van der Waals surface area contributed by atoms with E-state index < -0.39 is 6.10 Å². The SMILES string of the molecule is COc1cc(C(C)NCC(O)COc2ccc(NC(C)=O)cc2)ccc1Br. The standard InChI is InChI=1S/C20H25BrN2O4/c1-13(15-4-9-19(21)20(10-15)26-3)22-11-17(25)12-27-18-7-5-16(6-8-18)23-14(2)24/h4-10,13,17,22,25H,11-12H2,1-3H3,(H,23,24). The molecule has 3 N–H and O–H groups in total. The summed E-state index contributed by atoms with van der Waals surface area (Å²) in [5.41, 5.74) is 1.77. The average Bonchev–Trinajstić information content (AvgIpc) is 2.65. The first-order chi connectivity index (χ1) is 12.9. The Kier molecular flexibility index (Phi) is 8.09. The molecule has 6 nitrogen and oxygen atoms in total. The Hall–Kier alpha value is -2.09. The number of carbonyl (C=O) groups excluding carboxylic acids is 1. The minimum Gasteiger partial charge on any atom is -0.496 e. The summed E-state index contributed by atoms with van der Waals surface area (Å²) in [6.07, 6.45) is -0.653. The highest BCUT2D eigenvalue weighted by Gasteiger charge is 2.11. The Morgan fingerprint density at radius 3 is 2.56 bits per heavy atom. The first-order valence-electron chi connectivity index (χ1n) is 8.64. The molecule has 0 radical (unpaired) electrons. The minimum atomic E-state index is -0.653. The van der Waals surface area contributed by atoms with Crippen LogP contribution in [-0.2, 0) is 4.79 Å². The van der Waals surface area contributed by atoms with Gasteiger partial charge in [0, 0.05) is 25.2 Å². The molecule has 0 aliphatic heterocycles. The topological polar surface area (TPSA) is 79.8 Å². The van der Waals surface area contributed by atoms with E-state index >= 15 is 0 Å². The number of nitrogens with one attached hydrogen (secondary N) is 2. The summed E-state index contributed by atoms with van der Waals surface area (Å²) in [6, 6.07) is 13.0. The molecule has 2 atom stereocenters. The molecule has 0 saturated carbocycles. The third-order valence-corrected chi connectivity index (χ3v) is 4.61. The number of amides is 1. The molecule has 7 heteroatoms. The van der Waals surface area contributed by atoms with E-state index in [1.54, 1.807) is 31.4 Å². The zero-order valence-electron chi connectivity index (χ0n) is 15.7. The zero-order chi connectivity index (χ0) is 19.8. The van der Waals surface area contributed by atoms with E-state index in [1.165, 1.54) is 6.92 Å². The fraction of sp³-hybridized carbons (Fsp3) is 0.350. The maximum absolute atomic E-state index is 11.0. The van der Waals surface area contributed by atoms with Gasteiger partial charge in [0.25, 0.3) is 0 Å². The molecule has 2 unspecified atom stereocenters. The maximum atomic E-state index is 11.0. The summed E-state index contributed by atoms with van der Waals surface area (Å²) in [7, 11) is 1.63. The van der Waals surface area contributed by atoms with Gasteiger partial charge in [0.05, 0.1) is 11.6 Å². The van der Waals surface area contributed by atoms with Crippen molar-refractivity contribution in [3.63, 3.8) is 0 Å². The normalized spacial score (nSPS) is 12.9. The van der Waals surface area contributed by atoms with Crippen LogP contribution < -0.4 is 20.1 Å². The largest absolute Gasteiger partial charge is 0.496 e. The molecule has 0 aliphatic carbocycles. The highest BCUT2D eigenvalue weighted by molar-refractivity contribution is 9.10. The summed E-state index contributed by atoms with van der Waals surface area (Å²) < 4.78 is 11.8. The van der Waals surface area contributed by atoms with Gasteiger partial charge in [-0.2, -0.15) is 0 Å². The summed E-state index contributed by atoms with van der Waals surface area (Å²) >= 11 is 3.44. The highest BCUT2D eigenvalue weighted by Crippen LogP contribution is 2.28. The van der Waals surface area contributed by atoms with Crippen LogP contribution in [0, 0.1) is 0 Å². The lowest BCUT2D eigenvalue weighted by atomic mass is 10.1. The van der Waals surface area contributed by atoms with Crippen LogP contribution in [0.1, 0.15) is 25.5 Å². The van der Waals surface area contributed by atoms with Crippen molar-refractivity contribution in [1.82, 2.24) is 5.32 Å². The summed E-state index contributed by atoms with van der Waals surface area (Å²) in [4.78, 5) is 11.0. The van der Waals surface area contributed by atoms with Gasteiger partial charge in [0.2, 0.25) is 5.91 Å². The summed E-state index contributed by atoms with van der Waals surface area (Å²) in [5, 5.41) is 16.1. The van der Waals surface area contributed by atoms with Crippen molar-refractivity contribution in [3.05, 3.63) is 52.5 Å². The first-order valence-corrected chi connectivity index (χ1v) is 9.43. The van der Waals surface area contributed by atoms with Crippen molar-refractivity contribution in [3.8, 4) is 11.5 Å². The molecule has 0 fully saturated rings. The van der Waals surface area contributed by atoms with Crippen LogP contribution in [0.15, 0.2) is 46.9 Å². The second kappa shape index (κ2) is 10.3. The molecule has 2 rings (SSSR count). The van der Waals surface area contributed by atoms with Gasteiger partial charge in [-0.1, -0.05) is 6.07 Å². The Morgan fingerprint density at radius 2 is 1.93 bits per heavy atom. The Labute approximate surface area is 168 Å². The molecular weight excluding hydrogens is 412 g/mol. The predicted molar refractivity (Wildman–Crippen MR) is 109 cm³/mol. The number of hydrogen-bond donors (Lipinski definition) is 3. The van der Waals surface area contributed by atoms with Crippen molar-refractivity contribution < 1.29 is 19.4 Å². The molecular formula is C20H25BrN2O4. The van der Waals surface area contributed by atoms with Gasteiger partial charge in [-0.05, 0) is 64.8 Å². The monoisotopic (exact) mass is 436 g/mol. The Morgan fingerprint density at radius 1 is 1.22 bits per heavy atom. The van der Waals surface area contributed by atoms with Gasteiger partial charge in [-0.3, -0.25) is 4.79 Å². The molecule has 0 spiro atoms. The molecule has 0 heterocycles. The predicted octanol–water partition coefficient (Wildman–Crippen LogP) is 3.51.